The Hall–Kier alpha value is -3.85. The lowest BCUT2D eigenvalue weighted by Crippen LogP contribution is -2.44. The van der Waals surface area contributed by atoms with Crippen LogP contribution in [-0.2, 0) is 31.3 Å². The van der Waals surface area contributed by atoms with Gasteiger partial charge in [-0.25, -0.2) is 9.78 Å². The lowest BCUT2D eigenvalue weighted by atomic mass is 9.86. The number of cyclic esters (lactones) is 1. The molecule has 9 heteroatoms. The van der Waals surface area contributed by atoms with Crippen molar-refractivity contribution in [1.82, 2.24) is 9.55 Å². The van der Waals surface area contributed by atoms with Crippen molar-refractivity contribution in [1.29, 1.82) is 0 Å². The fraction of sp³-hybridized carbons (Fsp3) is 0.261. The van der Waals surface area contributed by atoms with Crippen molar-refractivity contribution in [3.8, 4) is 11.4 Å². The number of aliphatic hydroxyl groups is 1. The van der Waals surface area contributed by atoms with Gasteiger partial charge in [-0.05, 0) is 36.8 Å². The second-order valence-electron chi connectivity index (χ2n) is 7.84. The van der Waals surface area contributed by atoms with Gasteiger partial charge < -0.3 is 14.6 Å². The Morgan fingerprint density at radius 3 is 2.81 bits per heavy atom. The average Bonchev–Trinajstić information content (AvgIpc) is 3.07. The van der Waals surface area contributed by atoms with E-state index in [9.17, 15) is 24.3 Å². The minimum atomic E-state index is -1.96. The Balaban J connectivity index is 1.84. The summed E-state index contributed by atoms with van der Waals surface area (Å²) in [6, 6.07) is 8.22. The second kappa shape index (κ2) is 6.83. The van der Waals surface area contributed by atoms with Crippen LogP contribution in [0.5, 0.6) is 0 Å². The molecule has 2 aliphatic rings. The first-order chi connectivity index (χ1) is 15.3. The molecule has 0 fully saturated rings. The molecular formula is C23H18N2O7. The minimum absolute atomic E-state index is 0.0155. The monoisotopic (exact) mass is 434 g/mol. The quantitative estimate of drug-likeness (QED) is 0.490. The summed E-state index contributed by atoms with van der Waals surface area (Å²) in [6.07, 6.45) is -0.354. The van der Waals surface area contributed by atoms with Gasteiger partial charge in [-0.2, -0.15) is 0 Å². The molecule has 2 aliphatic heterocycles. The highest BCUT2D eigenvalue weighted by molar-refractivity contribution is 5.90. The number of hydrogen-bond donors (Lipinski definition) is 1. The first kappa shape index (κ1) is 20.1. The summed E-state index contributed by atoms with van der Waals surface area (Å²) in [6.45, 7) is 2.56. The summed E-state index contributed by atoms with van der Waals surface area (Å²) in [5.41, 5.74) is -0.0259. The maximum atomic E-state index is 13.5. The number of nitrogens with zero attached hydrogens (tertiary/aromatic N) is 2. The third-order valence-electron chi connectivity index (χ3n) is 6.01. The topological polar surface area (TPSA) is 125 Å². The van der Waals surface area contributed by atoms with Crippen LogP contribution < -0.4 is 5.56 Å². The molecule has 0 amide bonds. The first-order valence-electron chi connectivity index (χ1n) is 10.0. The second-order valence-corrected chi connectivity index (χ2v) is 7.84. The highest BCUT2D eigenvalue weighted by Gasteiger charge is 2.46. The number of aromatic nitrogens is 2. The Kier molecular flexibility index (Phi) is 4.28. The molecule has 0 saturated heterocycles. The van der Waals surface area contributed by atoms with Crippen LogP contribution in [0.3, 0.4) is 0 Å². The Bertz CT molecular complexity index is 1410. The molecule has 4 heterocycles. The summed E-state index contributed by atoms with van der Waals surface area (Å²) in [7, 11) is 0. The van der Waals surface area contributed by atoms with Crippen molar-refractivity contribution < 1.29 is 29.0 Å². The van der Waals surface area contributed by atoms with Gasteiger partial charge in [-0.3, -0.25) is 19.0 Å². The van der Waals surface area contributed by atoms with Gasteiger partial charge >= 0.3 is 11.9 Å². The standard InChI is InChI=1S/C23H18N2O7/c1-3-23(30)16-8-18-19-14(7-13-6-12(9-26)4-5-17(13)24-19)21(32-11(2)27)25(18)20(28)15(16)10-31-22(23)29/h4-9,21,30H,3,10H2,1-2H3/t21?,23-/m0/s1. The molecule has 0 bridgehead atoms. The molecule has 1 aromatic carbocycles. The largest absolute Gasteiger partial charge is 0.458 e. The summed E-state index contributed by atoms with van der Waals surface area (Å²) in [4.78, 5) is 53.5. The zero-order chi connectivity index (χ0) is 22.8. The number of hydrogen-bond acceptors (Lipinski definition) is 8. The molecule has 1 N–H and O–H groups in total. The summed E-state index contributed by atoms with van der Waals surface area (Å²) in [5.74, 6) is -1.42. The Labute approximate surface area is 181 Å². The molecule has 2 atom stereocenters. The normalized spacial score (nSPS) is 20.8. The third kappa shape index (κ3) is 2.64. The predicted octanol–water partition coefficient (Wildman–Crippen LogP) is 1.95. The molecular weight excluding hydrogens is 416 g/mol. The van der Waals surface area contributed by atoms with Crippen LogP contribution in [-0.4, -0.2) is 32.9 Å². The fourth-order valence-corrected chi connectivity index (χ4v) is 4.38. The molecule has 162 valence electrons. The van der Waals surface area contributed by atoms with Gasteiger partial charge in [-0.15, -0.1) is 0 Å². The number of esters is 2. The van der Waals surface area contributed by atoms with Crippen LogP contribution in [0.1, 0.15) is 53.5 Å². The van der Waals surface area contributed by atoms with E-state index in [4.69, 9.17) is 9.47 Å². The van der Waals surface area contributed by atoms with Gasteiger partial charge in [-0.1, -0.05) is 6.92 Å². The van der Waals surface area contributed by atoms with Gasteiger partial charge in [0.25, 0.3) is 5.56 Å². The predicted molar refractivity (Wildman–Crippen MR) is 111 cm³/mol. The van der Waals surface area contributed by atoms with E-state index in [1.165, 1.54) is 11.5 Å². The van der Waals surface area contributed by atoms with Crippen LogP contribution >= 0.6 is 0 Å². The molecule has 0 spiro atoms. The Morgan fingerprint density at radius 2 is 2.12 bits per heavy atom. The summed E-state index contributed by atoms with van der Waals surface area (Å²) in [5, 5.41) is 11.6. The molecule has 32 heavy (non-hydrogen) atoms. The van der Waals surface area contributed by atoms with Crippen molar-refractivity contribution in [2.45, 2.75) is 38.7 Å². The molecule has 0 aliphatic carbocycles. The number of carbonyl (C=O) groups is 3. The molecule has 0 radical (unpaired) electrons. The van der Waals surface area contributed by atoms with Crippen molar-refractivity contribution in [3.63, 3.8) is 0 Å². The highest BCUT2D eigenvalue weighted by atomic mass is 16.6. The number of ether oxygens (including phenoxy) is 2. The molecule has 9 nitrogen and oxygen atoms in total. The lowest BCUT2D eigenvalue weighted by molar-refractivity contribution is -0.172. The van der Waals surface area contributed by atoms with E-state index in [-0.39, 0.29) is 24.2 Å². The van der Waals surface area contributed by atoms with E-state index in [0.29, 0.717) is 39.7 Å². The SMILES string of the molecule is CC[C@@]1(O)C(=O)OCc2c1cc1n(c2=O)C(OC(C)=O)c2cc3cc(C=O)ccc3nc2-1. The number of pyridine rings is 2. The van der Waals surface area contributed by atoms with E-state index in [0.717, 1.165) is 0 Å². The van der Waals surface area contributed by atoms with Crippen LogP contribution in [0.2, 0.25) is 0 Å². The zero-order valence-electron chi connectivity index (χ0n) is 17.2. The van der Waals surface area contributed by atoms with Gasteiger partial charge in [0.05, 0.1) is 22.5 Å². The lowest BCUT2D eigenvalue weighted by Gasteiger charge is -2.32. The number of rotatable bonds is 3. The van der Waals surface area contributed by atoms with E-state index in [2.05, 4.69) is 4.98 Å². The average molecular weight is 434 g/mol. The molecule has 0 saturated carbocycles. The van der Waals surface area contributed by atoms with E-state index in [1.807, 2.05) is 0 Å². The molecule has 1 unspecified atom stereocenters. The van der Waals surface area contributed by atoms with Crippen molar-refractivity contribution in [2.75, 3.05) is 0 Å². The molecule has 5 rings (SSSR count). The summed E-state index contributed by atoms with van der Waals surface area (Å²) >= 11 is 0. The first-order valence-corrected chi connectivity index (χ1v) is 10.0. The number of carbonyl (C=O) groups excluding carboxylic acids is 3. The zero-order valence-corrected chi connectivity index (χ0v) is 17.2. The van der Waals surface area contributed by atoms with Crippen LogP contribution in [0, 0.1) is 0 Å². The number of fused-ring (bicyclic) bond motifs is 5. The fourth-order valence-electron chi connectivity index (χ4n) is 4.38. The van der Waals surface area contributed by atoms with Gasteiger partial charge in [0, 0.05) is 29.0 Å². The Morgan fingerprint density at radius 1 is 1.34 bits per heavy atom. The minimum Gasteiger partial charge on any atom is -0.458 e. The van der Waals surface area contributed by atoms with Gasteiger partial charge in [0.1, 0.15) is 12.9 Å². The number of aldehydes is 1. The van der Waals surface area contributed by atoms with E-state index >= 15 is 0 Å². The number of benzene rings is 1. The molecule has 3 aromatic rings. The van der Waals surface area contributed by atoms with Crippen molar-refractivity contribution >= 4 is 29.1 Å². The van der Waals surface area contributed by atoms with Crippen LogP contribution in [0.25, 0.3) is 22.3 Å². The maximum Gasteiger partial charge on any atom is 0.343 e. The van der Waals surface area contributed by atoms with E-state index < -0.39 is 29.3 Å². The van der Waals surface area contributed by atoms with Gasteiger partial charge in [0.2, 0.25) is 6.23 Å². The third-order valence-corrected chi connectivity index (χ3v) is 6.01. The van der Waals surface area contributed by atoms with Gasteiger partial charge in [0.15, 0.2) is 5.60 Å². The van der Waals surface area contributed by atoms with Crippen LogP contribution in [0.15, 0.2) is 35.1 Å². The van der Waals surface area contributed by atoms with Crippen molar-refractivity contribution in [3.05, 3.63) is 62.9 Å². The maximum absolute atomic E-state index is 13.5. The molecule has 2 aromatic heterocycles. The smallest absolute Gasteiger partial charge is 0.343 e. The van der Waals surface area contributed by atoms with Crippen LogP contribution in [0.4, 0.5) is 0 Å². The van der Waals surface area contributed by atoms with E-state index in [1.54, 1.807) is 37.3 Å². The van der Waals surface area contributed by atoms with Crippen molar-refractivity contribution in [2.24, 2.45) is 0 Å². The summed E-state index contributed by atoms with van der Waals surface area (Å²) < 4.78 is 11.8. The highest BCUT2D eigenvalue weighted by Crippen LogP contribution is 2.43.